The Labute approximate surface area is 167 Å². The number of hydrogen-bond acceptors (Lipinski definition) is 4. The molecule has 2 heterocycles. The maximum Gasteiger partial charge on any atom is 0.278 e. The zero-order valence-electron chi connectivity index (χ0n) is 16.5. The van der Waals surface area contributed by atoms with Gasteiger partial charge in [-0.3, -0.25) is 4.79 Å². The molecule has 1 saturated heterocycles. The lowest BCUT2D eigenvalue weighted by molar-refractivity contribution is -0.917. The number of nitrogens with one attached hydrogen (secondary N) is 2. The summed E-state index contributed by atoms with van der Waals surface area (Å²) in [5, 5.41) is 5.06. The zero-order chi connectivity index (χ0) is 19.6. The van der Waals surface area contributed by atoms with Gasteiger partial charge in [0.05, 0.1) is 26.2 Å². The van der Waals surface area contributed by atoms with Crippen molar-refractivity contribution in [1.82, 2.24) is 9.62 Å². The monoisotopic (exact) mass is 414 g/mol. The lowest BCUT2D eigenvalue weighted by Crippen LogP contribution is -3.19. The molecule has 1 aromatic rings. The maximum atomic E-state index is 12.8. The summed E-state index contributed by atoms with van der Waals surface area (Å²) in [5.41, 5.74) is 0. The van der Waals surface area contributed by atoms with Crippen LogP contribution in [-0.4, -0.2) is 56.9 Å². The SMILES string of the molecule is C[C@H]1[C@@H](NC(=O)[C@@H](C)[NH+]2CCN(S(=O)(=O)c3cccs3)CC2)CCC[C@@H]1C. The first-order chi connectivity index (χ1) is 12.8. The van der Waals surface area contributed by atoms with Crippen molar-refractivity contribution in [2.75, 3.05) is 26.2 Å². The minimum Gasteiger partial charge on any atom is -0.348 e. The standard InChI is InChI=1S/C19H31N3O3S2/c1-14-6-4-7-17(15(14)2)20-19(23)16(3)21-9-11-22(12-10-21)27(24,25)18-8-5-13-26-18/h5,8,13-17H,4,6-7,9-12H2,1-3H3,(H,20,23)/p+1/t14-,15+,16+,17-/m0/s1. The Balaban J connectivity index is 1.53. The topological polar surface area (TPSA) is 70.9 Å². The molecule has 1 aliphatic heterocycles. The van der Waals surface area contributed by atoms with Gasteiger partial charge in [0, 0.05) is 6.04 Å². The number of hydrogen-bond donors (Lipinski definition) is 2. The van der Waals surface area contributed by atoms with Crippen molar-refractivity contribution in [3.05, 3.63) is 17.5 Å². The molecule has 4 atom stereocenters. The van der Waals surface area contributed by atoms with Crippen molar-refractivity contribution < 1.29 is 18.1 Å². The highest BCUT2D eigenvalue weighted by molar-refractivity contribution is 7.91. The van der Waals surface area contributed by atoms with E-state index in [0.717, 1.165) is 6.42 Å². The Morgan fingerprint density at radius 2 is 2.00 bits per heavy atom. The quantitative estimate of drug-likeness (QED) is 0.754. The van der Waals surface area contributed by atoms with Crippen LogP contribution in [0.25, 0.3) is 0 Å². The van der Waals surface area contributed by atoms with E-state index in [4.69, 9.17) is 0 Å². The van der Waals surface area contributed by atoms with Crippen LogP contribution < -0.4 is 10.2 Å². The van der Waals surface area contributed by atoms with E-state index in [2.05, 4.69) is 19.2 Å². The highest BCUT2D eigenvalue weighted by Crippen LogP contribution is 2.29. The summed E-state index contributed by atoms with van der Waals surface area (Å²) in [6.07, 6.45) is 3.48. The number of quaternary nitrogens is 1. The Bertz CT molecular complexity index is 727. The van der Waals surface area contributed by atoms with Crippen LogP contribution in [0.15, 0.2) is 21.7 Å². The van der Waals surface area contributed by atoms with Crippen molar-refractivity contribution in [3.8, 4) is 0 Å². The number of nitrogens with zero attached hydrogens (tertiary/aromatic N) is 1. The van der Waals surface area contributed by atoms with Crippen LogP contribution in [0, 0.1) is 11.8 Å². The molecule has 8 heteroatoms. The third-order valence-corrected chi connectivity index (χ3v) is 9.77. The summed E-state index contributed by atoms with van der Waals surface area (Å²) in [5.74, 6) is 1.26. The predicted octanol–water partition coefficient (Wildman–Crippen LogP) is 0.967. The van der Waals surface area contributed by atoms with Gasteiger partial charge in [-0.15, -0.1) is 11.3 Å². The summed E-state index contributed by atoms with van der Waals surface area (Å²) in [6, 6.07) is 3.53. The smallest absolute Gasteiger partial charge is 0.278 e. The van der Waals surface area contributed by atoms with Gasteiger partial charge < -0.3 is 10.2 Å². The lowest BCUT2D eigenvalue weighted by Gasteiger charge is -2.37. The molecule has 0 unspecified atom stereocenters. The van der Waals surface area contributed by atoms with Crippen molar-refractivity contribution in [1.29, 1.82) is 0 Å². The molecule has 0 aromatic carbocycles. The molecule has 2 aliphatic rings. The molecule has 2 N–H and O–H groups in total. The minimum atomic E-state index is -3.39. The van der Waals surface area contributed by atoms with Crippen LogP contribution in [0.5, 0.6) is 0 Å². The summed E-state index contributed by atoms with van der Waals surface area (Å²) in [7, 11) is -3.39. The highest BCUT2D eigenvalue weighted by atomic mass is 32.2. The van der Waals surface area contributed by atoms with Gasteiger partial charge in [0.25, 0.3) is 15.9 Å². The fraction of sp³-hybridized carbons (Fsp3) is 0.737. The Hall–Kier alpha value is -0.960. The molecule has 6 nitrogen and oxygen atoms in total. The molecule has 1 aliphatic carbocycles. The van der Waals surface area contributed by atoms with Crippen LogP contribution in [0.2, 0.25) is 0 Å². The van der Waals surface area contributed by atoms with Crippen LogP contribution in [0.3, 0.4) is 0 Å². The first kappa shape index (κ1) is 20.8. The molecule has 1 amide bonds. The van der Waals surface area contributed by atoms with E-state index in [1.165, 1.54) is 29.1 Å². The van der Waals surface area contributed by atoms with Crippen molar-refractivity contribution in [3.63, 3.8) is 0 Å². The molecule has 27 heavy (non-hydrogen) atoms. The second kappa shape index (κ2) is 8.59. The predicted molar refractivity (Wildman–Crippen MR) is 107 cm³/mol. The van der Waals surface area contributed by atoms with Crippen LogP contribution >= 0.6 is 11.3 Å². The molecular formula is C19H32N3O3S2+. The Kier molecular flexibility index (Phi) is 6.61. The summed E-state index contributed by atoms with van der Waals surface area (Å²) in [4.78, 5) is 13.9. The number of piperazine rings is 1. The number of sulfonamides is 1. The van der Waals surface area contributed by atoms with Gasteiger partial charge in [-0.2, -0.15) is 4.31 Å². The van der Waals surface area contributed by atoms with Gasteiger partial charge >= 0.3 is 0 Å². The second-order valence-corrected chi connectivity index (χ2v) is 11.2. The van der Waals surface area contributed by atoms with Crippen molar-refractivity contribution in [2.45, 2.75) is 56.3 Å². The number of thiophene rings is 1. The molecule has 0 bridgehead atoms. The third-order valence-electron chi connectivity index (χ3n) is 6.49. The van der Waals surface area contributed by atoms with E-state index in [9.17, 15) is 13.2 Å². The molecule has 2 fully saturated rings. The van der Waals surface area contributed by atoms with Gasteiger partial charge in [0.15, 0.2) is 6.04 Å². The van der Waals surface area contributed by atoms with Crippen LogP contribution in [0.4, 0.5) is 0 Å². The van der Waals surface area contributed by atoms with E-state index in [1.54, 1.807) is 21.8 Å². The normalized spacial score (nSPS) is 29.4. The minimum absolute atomic E-state index is 0.102. The molecule has 152 valence electrons. The van der Waals surface area contributed by atoms with E-state index in [0.29, 0.717) is 42.2 Å². The highest BCUT2D eigenvalue weighted by Gasteiger charge is 2.36. The number of carbonyl (C=O) groups is 1. The van der Waals surface area contributed by atoms with Crippen LogP contribution in [0.1, 0.15) is 40.0 Å². The van der Waals surface area contributed by atoms with Gasteiger partial charge in [-0.1, -0.05) is 32.8 Å². The van der Waals surface area contributed by atoms with Crippen molar-refractivity contribution in [2.24, 2.45) is 11.8 Å². The van der Waals surface area contributed by atoms with E-state index in [1.807, 2.05) is 6.92 Å². The average molecular weight is 415 g/mol. The maximum absolute atomic E-state index is 12.8. The third kappa shape index (κ3) is 4.55. The Morgan fingerprint density at radius 1 is 1.30 bits per heavy atom. The fourth-order valence-corrected chi connectivity index (χ4v) is 6.85. The summed E-state index contributed by atoms with van der Waals surface area (Å²) in [6.45, 7) is 8.72. The average Bonchev–Trinajstić information content (AvgIpc) is 3.20. The summed E-state index contributed by atoms with van der Waals surface area (Å²) < 4.78 is 27.2. The first-order valence-corrected chi connectivity index (χ1v) is 12.3. The lowest BCUT2D eigenvalue weighted by atomic mass is 9.78. The molecular weight excluding hydrogens is 382 g/mol. The van der Waals surface area contributed by atoms with Gasteiger partial charge in [0.1, 0.15) is 4.21 Å². The van der Waals surface area contributed by atoms with Gasteiger partial charge in [0.2, 0.25) is 0 Å². The van der Waals surface area contributed by atoms with E-state index in [-0.39, 0.29) is 18.0 Å². The van der Waals surface area contributed by atoms with E-state index >= 15 is 0 Å². The Morgan fingerprint density at radius 3 is 2.63 bits per heavy atom. The molecule has 1 saturated carbocycles. The second-order valence-electron chi connectivity index (χ2n) is 8.10. The number of amides is 1. The molecule has 1 aromatic heterocycles. The zero-order valence-corrected chi connectivity index (χ0v) is 18.1. The van der Waals surface area contributed by atoms with Crippen molar-refractivity contribution >= 4 is 27.3 Å². The van der Waals surface area contributed by atoms with E-state index < -0.39 is 10.0 Å². The van der Waals surface area contributed by atoms with Gasteiger partial charge in [-0.25, -0.2) is 8.42 Å². The molecule has 0 radical (unpaired) electrons. The first-order valence-electron chi connectivity index (χ1n) is 9.99. The summed E-state index contributed by atoms with van der Waals surface area (Å²) >= 11 is 1.25. The number of carbonyl (C=O) groups excluding carboxylic acids is 1. The molecule has 0 spiro atoms. The molecule has 3 rings (SSSR count). The van der Waals surface area contributed by atoms with Crippen LogP contribution in [-0.2, 0) is 14.8 Å². The number of rotatable bonds is 5. The van der Waals surface area contributed by atoms with Gasteiger partial charge in [-0.05, 0) is 36.6 Å². The fourth-order valence-electron chi connectivity index (χ4n) is 4.26. The largest absolute Gasteiger partial charge is 0.348 e.